The number of hydrogen-bond donors (Lipinski definition) is 0. The highest BCUT2D eigenvalue weighted by molar-refractivity contribution is 7.89. The predicted molar refractivity (Wildman–Crippen MR) is 103 cm³/mol. The lowest BCUT2D eigenvalue weighted by atomic mass is 9.95. The molecule has 0 N–H and O–H groups in total. The van der Waals surface area contributed by atoms with Crippen molar-refractivity contribution >= 4 is 15.9 Å². The van der Waals surface area contributed by atoms with E-state index in [4.69, 9.17) is 4.42 Å². The van der Waals surface area contributed by atoms with Crippen LogP contribution >= 0.6 is 0 Å². The molecule has 0 spiro atoms. The SMILES string of the molecule is Cc1c(C)c(C)c(S(=O)(=O)N2CCN(C(=O)c3ccco3)CC2)c(C)c1C. The average Bonchev–Trinajstić information content (AvgIpc) is 3.19. The van der Waals surface area contributed by atoms with Crippen LogP contribution in [0.2, 0.25) is 0 Å². The molecule has 1 fully saturated rings. The van der Waals surface area contributed by atoms with Crippen LogP contribution in [0.5, 0.6) is 0 Å². The van der Waals surface area contributed by atoms with Crippen molar-refractivity contribution in [3.05, 3.63) is 52.0 Å². The third-order valence-electron chi connectivity index (χ3n) is 5.79. The summed E-state index contributed by atoms with van der Waals surface area (Å²) < 4.78 is 33.4. The van der Waals surface area contributed by atoms with Crippen molar-refractivity contribution in [3.8, 4) is 0 Å². The highest BCUT2D eigenvalue weighted by atomic mass is 32.2. The summed E-state index contributed by atoms with van der Waals surface area (Å²) in [4.78, 5) is 14.4. The molecule has 27 heavy (non-hydrogen) atoms. The number of rotatable bonds is 3. The molecular formula is C20H26N2O4S. The highest BCUT2D eigenvalue weighted by Gasteiger charge is 2.33. The Hall–Kier alpha value is -2.12. The lowest BCUT2D eigenvalue weighted by Crippen LogP contribution is -2.50. The average molecular weight is 391 g/mol. The second kappa shape index (κ2) is 7.13. The first-order valence-electron chi connectivity index (χ1n) is 9.06. The van der Waals surface area contributed by atoms with Crippen LogP contribution in [0.4, 0.5) is 0 Å². The summed E-state index contributed by atoms with van der Waals surface area (Å²) in [6.07, 6.45) is 1.46. The second-order valence-corrected chi connectivity index (χ2v) is 9.00. The fourth-order valence-corrected chi connectivity index (χ4v) is 5.65. The number of benzene rings is 1. The molecule has 0 radical (unpaired) electrons. The van der Waals surface area contributed by atoms with Crippen LogP contribution in [0.25, 0.3) is 0 Å². The Balaban J connectivity index is 1.85. The standard InChI is InChI=1S/C20H26N2O4S/c1-13-14(2)16(4)19(17(5)15(13)3)27(24,25)22-10-8-21(9-11-22)20(23)18-7-6-12-26-18/h6-7,12H,8-11H2,1-5H3. The van der Waals surface area contributed by atoms with E-state index in [2.05, 4.69) is 0 Å². The van der Waals surface area contributed by atoms with E-state index >= 15 is 0 Å². The molecule has 3 rings (SSSR count). The minimum Gasteiger partial charge on any atom is -0.459 e. The van der Waals surface area contributed by atoms with Crippen LogP contribution in [0.15, 0.2) is 27.7 Å². The van der Waals surface area contributed by atoms with Crippen molar-refractivity contribution < 1.29 is 17.6 Å². The van der Waals surface area contributed by atoms with Gasteiger partial charge in [0.15, 0.2) is 5.76 Å². The summed E-state index contributed by atoms with van der Waals surface area (Å²) >= 11 is 0. The third kappa shape index (κ3) is 3.30. The zero-order valence-electron chi connectivity index (χ0n) is 16.5. The lowest BCUT2D eigenvalue weighted by Gasteiger charge is -2.34. The largest absolute Gasteiger partial charge is 0.459 e. The number of sulfonamides is 1. The van der Waals surface area contributed by atoms with E-state index in [-0.39, 0.29) is 24.8 Å². The minimum atomic E-state index is -3.62. The van der Waals surface area contributed by atoms with Gasteiger partial charge in [-0.15, -0.1) is 0 Å². The van der Waals surface area contributed by atoms with Gasteiger partial charge in [-0.25, -0.2) is 8.42 Å². The maximum absolute atomic E-state index is 13.4. The Morgan fingerprint density at radius 1 is 0.889 bits per heavy atom. The van der Waals surface area contributed by atoms with E-state index in [1.54, 1.807) is 17.0 Å². The minimum absolute atomic E-state index is 0.202. The van der Waals surface area contributed by atoms with Gasteiger partial charge in [-0.1, -0.05) is 0 Å². The summed E-state index contributed by atoms with van der Waals surface area (Å²) in [7, 11) is -3.62. The van der Waals surface area contributed by atoms with Gasteiger partial charge in [0, 0.05) is 26.2 Å². The van der Waals surface area contributed by atoms with Crippen molar-refractivity contribution in [3.63, 3.8) is 0 Å². The predicted octanol–water partition coefficient (Wildman–Crippen LogP) is 2.97. The van der Waals surface area contributed by atoms with Gasteiger partial charge in [0.1, 0.15) is 0 Å². The summed E-state index contributed by atoms with van der Waals surface area (Å²) in [6, 6.07) is 3.29. The molecule has 2 heterocycles. The van der Waals surface area contributed by atoms with Crippen molar-refractivity contribution in [2.45, 2.75) is 39.5 Å². The summed E-state index contributed by atoms with van der Waals surface area (Å²) in [5.74, 6) is 0.0780. The van der Waals surface area contributed by atoms with Crippen LogP contribution < -0.4 is 0 Å². The monoisotopic (exact) mass is 390 g/mol. The Labute approximate surface area is 160 Å². The Kier molecular flexibility index (Phi) is 5.18. The Bertz CT molecular complexity index is 941. The molecule has 146 valence electrons. The molecule has 1 amide bonds. The molecular weight excluding hydrogens is 364 g/mol. The zero-order chi connectivity index (χ0) is 19.9. The van der Waals surface area contributed by atoms with Gasteiger partial charge in [0.2, 0.25) is 10.0 Å². The molecule has 6 nitrogen and oxygen atoms in total. The number of carbonyl (C=O) groups excluding carboxylic acids is 1. The Morgan fingerprint density at radius 3 is 1.89 bits per heavy atom. The van der Waals surface area contributed by atoms with E-state index < -0.39 is 10.0 Å². The van der Waals surface area contributed by atoms with Crippen LogP contribution in [-0.2, 0) is 10.0 Å². The molecule has 0 unspecified atom stereocenters. The fraction of sp³-hybridized carbons (Fsp3) is 0.450. The highest BCUT2D eigenvalue weighted by Crippen LogP contribution is 2.32. The first-order valence-corrected chi connectivity index (χ1v) is 10.5. The van der Waals surface area contributed by atoms with Crippen LogP contribution in [0.3, 0.4) is 0 Å². The van der Waals surface area contributed by atoms with Gasteiger partial charge in [0.25, 0.3) is 5.91 Å². The molecule has 1 aromatic carbocycles. The molecule has 1 aliphatic heterocycles. The normalized spacial score (nSPS) is 16.0. The quantitative estimate of drug-likeness (QED) is 0.808. The van der Waals surface area contributed by atoms with E-state index in [0.29, 0.717) is 18.0 Å². The molecule has 1 saturated heterocycles. The Morgan fingerprint density at radius 2 is 1.41 bits per heavy atom. The third-order valence-corrected chi connectivity index (χ3v) is 7.96. The van der Waals surface area contributed by atoms with Gasteiger partial charge in [0.05, 0.1) is 11.2 Å². The second-order valence-electron chi connectivity index (χ2n) is 7.13. The molecule has 0 atom stereocenters. The molecule has 7 heteroatoms. The number of piperazine rings is 1. The topological polar surface area (TPSA) is 70.8 Å². The molecule has 0 aliphatic carbocycles. The van der Waals surface area contributed by atoms with Crippen molar-refractivity contribution in [2.24, 2.45) is 0 Å². The summed E-state index contributed by atoms with van der Waals surface area (Å²) in [6.45, 7) is 11.0. The van der Waals surface area contributed by atoms with E-state index in [1.165, 1.54) is 10.6 Å². The van der Waals surface area contributed by atoms with Gasteiger partial charge in [-0.2, -0.15) is 4.31 Å². The van der Waals surface area contributed by atoms with E-state index in [9.17, 15) is 13.2 Å². The molecule has 0 bridgehead atoms. The summed E-state index contributed by atoms with van der Waals surface area (Å²) in [5, 5.41) is 0. The molecule has 1 aliphatic rings. The van der Waals surface area contributed by atoms with Gasteiger partial charge < -0.3 is 9.32 Å². The maximum Gasteiger partial charge on any atom is 0.289 e. The van der Waals surface area contributed by atoms with E-state index in [1.807, 2.05) is 34.6 Å². The van der Waals surface area contributed by atoms with Crippen molar-refractivity contribution in [1.29, 1.82) is 0 Å². The van der Waals surface area contributed by atoms with Gasteiger partial charge >= 0.3 is 0 Å². The lowest BCUT2D eigenvalue weighted by molar-refractivity contribution is 0.0666. The van der Waals surface area contributed by atoms with Gasteiger partial charge in [-0.05, 0) is 74.6 Å². The number of nitrogens with zero attached hydrogens (tertiary/aromatic N) is 2. The number of carbonyl (C=O) groups is 1. The first kappa shape index (κ1) is 19.6. The molecule has 2 aromatic rings. The number of hydrogen-bond acceptors (Lipinski definition) is 4. The van der Waals surface area contributed by atoms with Gasteiger partial charge in [-0.3, -0.25) is 4.79 Å². The number of furan rings is 1. The maximum atomic E-state index is 13.4. The fourth-order valence-electron chi connectivity index (χ4n) is 3.67. The van der Waals surface area contributed by atoms with Crippen molar-refractivity contribution in [2.75, 3.05) is 26.2 Å². The smallest absolute Gasteiger partial charge is 0.289 e. The van der Waals surface area contributed by atoms with Crippen LogP contribution in [0, 0.1) is 34.6 Å². The first-order chi connectivity index (χ1) is 12.7. The zero-order valence-corrected chi connectivity index (χ0v) is 17.3. The van der Waals surface area contributed by atoms with E-state index in [0.717, 1.165) is 27.8 Å². The molecule has 0 saturated carbocycles. The van der Waals surface area contributed by atoms with Crippen molar-refractivity contribution in [1.82, 2.24) is 9.21 Å². The molecule has 1 aromatic heterocycles. The summed E-state index contributed by atoms with van der Waals surface area (Å²) in [5.41, 5.74) is 4.79. The number of amides is 1. The van der Waals surface area contributed by atoms with Crippen LogP contribution in [0.1, 0.15) is 38.4 Å². The van der Waals surface area contributed by atoms with Crippen LogP contribution in [-0.4, -0.2) is 49.7 Å².